The Hall–Kier alpha value is -0.610. The molecule has 0 aromatic rings. The number of carbonyl (C=O) groups is 1. The third-order valence-electron chi connectivity index (χ3n) is 4.51. The second-order valence-electron chi connectivity index (χ2n) is 6.71. The highest BCUT2D eigenvalue weighted by atomic mass is 16.2. The molecule has 1 heterocycles. The van der Waals surface area contributed by atoms with Crippen molar-refractivity contribution in [3.63, 3.8) is 0 Å². The summed E-state index contributed by atoms with van der Waals surface area (Å²) in [5, 5.41) is 6.59. The zero-order valence-electron chi connectivity index (χ0n) is 14.0. The fourth-order valence-electron chi connectivity index (χ4n) is 2.66. The molecular formula is C16H33N3O. The van der Waals surface area contributed by atoms with Gasteiger partial charge in [-0.1, -0.05) is 13.8 Å². The Labute approximate surface area is 124 Å². The predicted molar refractivity (Wildman–Crippen MR) is 84.8 cm³/mol. The van der Waals surface area contributed by atoms with Gasteiger partial charge < -0.3 is 10.6 Å². The van der Waals surface area contributed by atoms with Gasteiger partial charge in [0.25, 0.3) is 0 Å². The second-order valence-corrected chi connectivity index (χ2v) is 6.71. The Bertz CT molecular complexity index is 304. The lowest BCUT2D eigenvalue weighted by molar-refractivity contribution is -0.128. The van der Waals surface area contributed by atoms with Crippen LogP contribution < -0.4 is 10.6 Å². The topological polar surface area (TPSA) is 44.4 Å². The Morgan fingerprint density at radius 3 is 2.70 bits per heavy atom. The molecule has 4 heteroatoms. The van der Waals surface area contributed by atoms with Gasteiger partial charge in [0.15, 0.2) is 0 Å². The minimum atomic E-state index is -0.107. The van der Waals surface area contributed by atoms with Crippen molar-refractivity contribution in [3.8, 4) is 0 Å². The summed E-state index contributed by atoms with van der Waals surface area (Å²) in [4.78, 5) is 14.7. The molecule has 0 saturated carbocycles. The van der Waals surface area contributed by atoms with Crippen LogP contribution in [0.2, 0.25) is 0 Å². The fraction of sp³-hybridized carbons (Fsp3) is 0.938. The van der Waals surface area contributed by atoms with E-state index in [-0.39, 0.29) is 17.5 Å². The van der Waals surface area contributed by atoms with E-state index in [2.05, 4.69) is 43.2 Å². The monoisotopic (exact) mass is 283 g/mol. The lowest BCUT2D eigenvalue weighted by Gasteiger charge is -2.37. The van der Waals surface area contributed by atoms with Gasteiger partial charge in [0, 0.05) is 12.1 Å². The second kappa shape index (κ2) is 7.99. The number of piperidine rings is 1. The van der Waals surface area contributed by atoms with Gasteiger partial charge in [-0.2, -0.15) is 0 Å². The number of carbonyl (C=O) groups excluding carboxylic acids is 1. The number of likely N-dealkylation sites (tertiary alicyclic amines) is 1. The SMILES string of the molecule is CCNCC1CCCN(C(C)C(=O)NC(C)(C)CC)C1. The summed E-state index contributed by atoms with van der Waals surface area (Å²) in [5.74, 6) is 0.846. The Balaban J connectivity index is 2.49. The molecule has 1 aliphatic rings. The molecule has 0 spiro atoms. The standard InChI is InChI=1S/C16H33N3O/c1-6-16(4,5)18-15(20)13(3)19-10-8-9-14(12-19)11-17-7-2/h13-14,17H,6-12H2,1-5H3,(H,18,20). The van der Waals surface area contributed by atoms with Gasteiger partial charge in [-0.25, -0.2) is 0 Å². The molecule has 0 bridgehead atoms. The van der Waals surface area contributed by atoms with Crippen molar-refractivity contribution < 1.29 is 4.79 Å². The molecule has 2 N–H and O–H groups in total. The highest BCUT2D eigenvalue weighted by Gasteiger charge is 2.29. The van der Waals surface area contributed by atoms with Crippen LogP contribution in [0.25, 0.3) is 0 Å². The maximum atomic E-state index is 12.4. The molecule has 20 heavy (non-hydrogen) atoms. The maximum Gasteiger partial charge on any atom is 0.237 e. The minimum Gasteiger partial charge on any atom is -0.350 e. The molecule has 4 nitrogen and oxygen atoms in total. The van der Waals surface area contributed by atoms with Crippen LogP contribution in [-0.4, -0.2) is 48.6 Å². The molecule has 1 saturated heterocycles. The van der Waals surface area contributed by atoms with E-state index in [0.717, 1.165) is 32.6 Å². The van der Waals surface area contributed by atoms with Crippen LogP contribution in [0.3, 0.4) is 0 Å². The first kappa shape index (κ1) is 17.4. The highest BCUT2D eigenvalue weighted by molar-refractivity contribution is 5.82. The summed E-state index contributed by atoms with van der Waals surface area (Å²) in [5.41, 5.74) is -0.107. The summed E-state index contributed by atoms with van der Waals surface area (Å²) in [6.07, 6.45) is 3.43. The summed E-state index contributed by atoms with van der Waals surface area (Å²) < 4.78 is 0. The van der Waals surface area contributed by atoms with Crippen molar-refractivity contribution in [1.82, 2.24) is 15.5 Å². The first-order valence-electron chi connectivity index (χ1n) is 8.16. The van der Waals surface area contributed by atoms with Crippen LogP contribution in [-0.2, 0) is 4.79 Å². The summed E-state index contributed by atoms with van der Waals surface area (Å²) in [6.45, 7) is 14.6. The molecular weight excluding hydrogens is 250 g/mol. The average Bonchev–Trinajstić information content (AvgIpc) is 2.44. The molecule has 0 aromatic heterocycles. The molecule has 1 fully saturated rings. The van der Waals surface area contributed by atoms with Crippen molar-refractivity contribution in [2.24, 2.45) is 5.92 Å². The quantitative estimate of drug-likeness (QED) is 0.751. The van der Waals surface area contributed by atoms with Crippen LogP contribution in [0.4, 0.5) is 0 Å². The predicted octanol–water partition coefficient (Wildman–Crippen LogP) is 2.00. The molecule has 0 aliphatic carbocycles. The number of rotatable bonds is 7. The van der Waals surface area contributed by atoms with Gasteiger partial charge >= 0.3 is 0 Å². The van der Waals surface area contributed by atoms with Gasteiger partial charge in [-0.15, -0.1) is 0 Å². The number of nitrogens with one attached hydrogen (secondary N) is 2. The molecule has 2 unspecified atom stereocenters. The summed E-state index contributed by atoms with van der Waals surface area (Å²) in [7, 11) is 0. The molecule has 1 amide bonds. The number of hydrogen-bond donors (Lipinski definition) is 2. The molecule has 118 valence electrons. The van der Waals surface area contributed by atoms with Gasteiger partial charge in [0.2, 0.25) is 5.91 Å². The minimum absolute atomic E-state index is 0.0229. The van der Waals surface area contributed by atoms with Gasteiger partial charge in [0.1, 0.15) is 0 Å². The van der Waals surface area contributed by atoms with Crippen molar-refractivity contribution in [2.75, 3.05) is 26.2 Å². The van der Waals surface area contributed by atoms with Crippen molar-refractivity contribution in [1.29, 1.82) is 0 Å². The summed E-state index contributed by atoms with van der Waals surface area (Å²) in [6, 6.07) is -0.0229. The smallest absolute Gasteiger partial charge is 0.237 e. The highest BCUT2D eigenvalue weighted by Crippen LogP contribution is 2.18. The van der Waals surface area contributed by atoms with E-state index in [1.807, 2.05) is 6.92 Å². The lowest BCUT2D eigenvalue weighted by atomic mass is 9.96. The van der Waals surface area contributed by atoms with E-state index < -0.39 is 0 Å². The van der Waals surface area contributed by atoms with Gasteiger partial charge in [-0.3, -0.25) is 9.69 Å². The molecule has 1 rings (SSSR count). The van der Waals surface area contributed by atoms with Crippen molar-refractivity contribution >= 4 is 5.91 Å². The van der Waals surface area contributed by atoms with Crippen LogP contribution >= 0.6 is 0 Å². The summed E-state index contributed by atoms with van der Waals surface area (Å²) >= 11 is 0. The van der Waals surface area contributed by atoms with E-state index in [4.69, 9.17) is 0 Å². The first-order valence-corrected chi connectivity index (χ1v) is 8.16. The van der Waals surface area contributed by atoms with E-state index in [0.29, 0.717) is 5.92 Å². The van der Waals surface area contributed by atoms with E-state index >= 15 is 0 Å². The van der Waals surface area contributed by atoms with Crippen LogP contribution in [0.5, 0.6) is 0 Å². The van der Waals surface area contributed by atoms with E-state index in [1.165, 1.54) is 12.8 Å². The molecule has 2 atom stereocenters. The van der Waals surface area contributed by atoms with Gasteiger partial charge in [-0.05, 0) is 65.6 Å². The van der Waals surface area contributed by atoms with Gasteiger partial charge in [0.05, 0.1) is 6.04 Å². The Kier molecular flexibility index (Phi) is 6.96. The first-order chi connectivity index (χ1) is 9.39. The van der Waals surface area contributed by atoms with Crippen molar-refractivity contribution in [2.45, 2.75) is 65.5 Å². The Morgan fingerprint density at radius 1 is 1.40 bits per heavy atom. The van der Waals surface area contributed by atoms with E-state index in [9.17, 15) is 4.79 Å². The average molecular weight is 283 g/mol. The lowest BCUT2D eigenvalue weighted by Crippen LogP contribution is -2.54. The third-order valence-corrected chi connectivity index (χ3v) is 4.51. The largest absolute Gasteiger partial charge is 0.350 e. The third kappa shape index (κ3) is 5.41. The normalized spacial score (nSPS) is 22.6. The molecule has 1 aliphatic heterocycles. The van der Waals surface area contributed by atoms with Crippen molar-refractivity contribution in [3.05, 3.63) is 0 Å². The number of nitrogens with zero attached hydrogens (tertiary/aromatic N) is 1. The zero-order valence-corrected chi connectivity index (χ0v) is 14.0. The number of amides is 1. The van der Waals surface area contributed by atoms with E-state index in [1.54, 1.807) is 0 Å². The fourth-order valence-corrected chi connectivity index (χ4v) is 2.66. The maximum absolute atomic E-state index is 12.4. The van der Waals surface area contributed by atoms with Crippen LogP contribution in [0.1, 0.15) is 53.9 Å². The Morgan fingerprint density at radius 2 is 2.10 bits per heavy atom. The van der Waals surface area contributed by atoms with Crippen LogP contribution in [0.15, 0.2) is 0 Å². The number of hydrogen-bond acceptors (Lipinski definition) is 3. The zero-order chi connectivity index (χ0) is 15.2. The molecule has 0 radical (unpaired) electrons. The molecule has 0 aromatic carbocycles. The van der Waals surface area contributed by atoms with Crippen LogP contribution in [0, 0.1) is 5.92 Å².